The van der Waals surface area contributed by atoms with Crippen LogP contribution < -0.4 is 4.80 Å². The molecule has 11 heteroatoms. The van der Waals surface area contributed by atoms with Gasteiger partial charge in [-0.2, -0.15) is 5.10 Å². The van der Waals surface area contributed by atoms with Crippen LogP contribution in [0.3, 0.4) is 0 Å². The number of rotatable bonds is 6. The first-order valence-electron chi connectivity index (χ1n) is 11.0. The number of imidazole rings is 1. The summed E-state index contributed by atoms with van der Waals surface area (Å²) in [5.74, 6) is 0. The predicted molar refractivity (Wildman–Crippen MR) is 147 cm³/mol. The molecule has 0 radical (unpaired) electrons. The summed E-state index contributed by atoms with van der Waals surface area (Å²) in [7, 11) is 0. The van der Waals surface area contributed by atoms with Gasteiger partial charge in [-0.3, -0.25) is 10.1 Å². The van der Waals surface area contributed by atoms with E-state index < -0.39 is 4.92 Å². The molecule has 0 N–H and O–H groups in total. The van der Waals surface area contributed by atoms with Crippen molar-refractivity contribution in [3.8, 4) is 16.9 Å². The zero-order chi connectivity index (χ0) is 25.9. The van der Waals surface area contributed by atoms with Crippen LogP contribution >= 0.6 is 34.5 Å². The van der Waals surface area contributed by atoms with Crippen molar-refractivity contribution in [1.29, 1.82) is 0 Å². The molecule has 0 aliphatic rings. The van der Waals surface area contributed by atoms with Gasteiger partial charge in [0.15, 0.2) is 0 Å². The van der Waals surface area contributed by atoms with E-state index in [1.165, 1.54) is 23.5 Å². The molecule has 0 spiro atoms. The Morgan fingerprint density at radius 2 is 1.81 bits per heavy atom. The second kappa shape index (κ2) is 10.5. The maximum atomic E-state index is 11.1. The Kier molecular flexibility index (Phi) is 7.00. The minimum atomic E-state index is -0.426. The first-order chi connectivity index (χ1) is 17.9. The molecule has 0 atom stereocenters. The third-order valence-corrected chi connectivity index (χ3v) is 6.88. The number of non-ortho nitro benzene ring substituents is 1. The highest BCUT2D eigenvalue weighted by Gasteiger charge is 2.12. The van der Waals surface area contributed by atoms with E-state index in [9.17, 15) is 10.1 Å². The molecule has 0 aliphatic heterocycles. The lowest BCUT2D eigenvalue weighted by Gasteiger charge is -2.08. The van der Waals surface area contributed by atoms with E-state index in [-0.39, 0.29) is 5.69 Å². The van der Waals surface area contributed by atoms with Crippen LogP contribution in [0.15, 0.2) is 101 Å². The molecular weight excluding hydrogens is 531 g/mol. The lowest BCUT2D eigenvalue weighted by molar-refractivity contribution is -0.384. The van der Waals surface area contributed by atoms with Gasteiger partial charge in [-0.05, 0) is 55.0 Å². The maximum absolute atomic E-state index is 11.1. The number of aromatic nitrogens is 3. The van der Waals surface area contributed by atoms with Crippen LogP contribution in [-0.2, 0) is 0 Å². The van der Waals surface area contributed by atoms with Crippen molar-refractivity contribution in [2.75, 3.05) is 0 Å². The van der Waals surface area contributed by atoms with Crippen LogP contribution in [0.1, 0.15) is 12.5 Å². The van der Waals surface area contributed by atoms with Gasteiger partial charge in [-0.25, -0.2) is 14.7 Å². The molecule has 0 bridgehead atoms. The zero-order valence-corrected chi connectivity index (χ0v) is 21.7. The molecule has 8 nitrogen and oxygen atoms in total. The average Bonchev–Trinajstić information content (AvgIpc) is 3.57. The number of benzene rings is 3. The molecule has 0 saturated carbocycles. The molecule has 37 heavy (non-hydrogen) atoms. The first-order valence-corrected chi connectivity index (χ1v) is 12.6. The van der Waals surface area contributed by atoms with Gasteiger partial charge in [0, 0.05) is 46.2 Å². The Morgan fingerprint density at radius 3 is 2.46 bits per heavy atom. The van der Waals surface area contributed by atoms with Crippen molar-refractivity contribution in [2.45, 2.75) is 6.92 Å². The number of hydrogen-bond acceptors (Lipinski definition) is 6. The monoisotopic (exact) mass is 548 g/mol. The van der Waals surface area contributed by atoms with E-state index in [4.69, 9.17) is 33.3 Å². The first kappa shape index (κ1) is 24.6. The Morgan fingerprint density at radius 1 is 1.05 bits per heavy atom. The minimum absolute atomic E-state index is 0.0149. The van der Waals surface area contributed by atoms with Gasteiger partial charge in [0.05, 0.1) is 33.4 Å². The fourth-order valence-electron chi connectivity index (χ4n) is 3.60. The topological polar surface area (TPSA) is 90.6 Å². The lowest BCUT2D eigenvalue weighted by Crippen LogP contribution is -2.14. The van der Waals surface area contributed by atoms with Crippen molar-refractivity contribution >= 4 is 51.6 Å². The Balaban J connectivity index is 1.61. The molecule has 0 saturated heterocycles. The quantitative estimate of drug-likeness (QED) is 0.128. The molecule has 184 valence electrons. The second-order valence-electron chi connectivity index (χ2n) is 7.93. The van der Waals surface area contributed by atoms with Gasteiger partial charge < -0.3 is 4.57 Å². The summed E-state index contributed by atoms with van der Waals surface area (Å²) in [4.78, 5) is 20.1. The van der Waals surface area contributed by atoms with Crippen LogP contribution in [0.2, 0.25) is 10.0 Å². The van der Waals surface area contributed by atoms with Crippen LogP contribution in [0, 0.1) is 10.1 Å². The third kappa shape index (κ3) is 5.39. The molecule has 2 heterocycles. The summed E-state index contributed by atoms with van der Waals surface area (Å²) >= 11 is 13.8. The van der Waals surface area contributed by atoms with Crippen molar-refractivity contribution in [3.05, 3.63) is 121 Å². The summed E-state index contributed by atoms with van der Waals surface area (Å²) < 4.78 is 3.64. The molecule has 5 aromatic rings. The van der Waals surface area contributed by atoms with Crippen LogP contribution in [0.4, 0.5) is 11.4 Å². The van der Waals surface area contributed by atoms with Gasteiger partial charge in [-0.15, -0.1) is 11.3 Å². The van der Waals surface area contributed by atoms with E-state index in [1.807, 2.05) is 47.3 Å². The normalized spacial score (nSPS) is 12.2. The standard InChI is InChI=1S/C26H18Cl2N6O2S/c1-17(18-2-7-21(8-3-18)32-13-12-29-16-32)31-33-25(19-4-9-22(10-5-19)34(35)36)15-37-26(33)30-24-11-6-20(27)14-23(24)28/h2-16H,1H3. The van der Waals surface area contributed by atoms with Gasteiger partial charge in [0.2, 0.25) is 4.80 Å². The van der Waals surface area contributed by atoms with E-state index >= 15 is 0 Å². The van der Waals surface area contributed by atoms with E-state index in [2.05, 4.69) is 4.98 Å². The van der Waals surface area contributed by atoms with Crippen molar-refractivity contribution < 1.29 is 4.92 Å². The smallest absolute Gasteiger partial charge is 0.269 e. The van der Waals surface area contributed by atoms with E-state index in [1.54, 1.807) is 47.5 Å². The second-order valence-corrected chi connectivity index (χ2v) is 9.61. The summed E-state index contributed by atoms with van der Waals surface area (Å²) in [6, 6.07) is 19.4. The predicted octanol–water partition coefficient (Wildman–Crippen LogP) is 7.12. The van der Waals surface area contributed by atoms with Crippen LogP contribution in [-0.4, -0.2) is 24.9 Å². The molecule has 2 aromatic heterocycles. The Bertz CT molecular complexity index is 1670. The van der Waals surface area contributed by atoms with Crippen molar-refractivity contribution in [3.63, 3.8) is 0 Å². The molecule has 0 fully saturated rings. The SMILES string of the molecule is CC(=Nn1c(-c2ccc([N+](=O)[O-])cc2)csc1=Nc1ccc(Cl)cc1Cl)c1ccc(-n2ccnc2)cc1. The molecule has 0 unspecified atom stereocenters. The Hall–Kier alpha value is -4.05. The summed E-state index contributed by atoms with van der Waals surface area (Å²) in [5, 5.41) is 18.8. The summed E-state index contributed by atoms with van der Waals surface area (Å²) in [6.07, 6.45) is 5.35. The highest BCUT2D eigenvalue weighted by atomic mass is 35.5. The number of thiazole rings is 1. The number of hydrogen-bond donors (Lipinski definition) is 0. The lowest BCUT2D eigenvalue weighted by atomic mass is 10.1. The highest BCUT2D eigenvalue weighted by molar-refractivity contribution is 7.07. The number of nitrogens with zero attached hydrogens (tertiary/aromatic N) is 6. The number of halogens is 2. The van der Waals surface area contributed by atoms with Crippen molar-refractivity contribution in [2.24, 2.45) is 10.1 Å². The van der Waals surface area contributed by atoms with Gasteiger partial charge in [0.1, 0.15) is 0 Å². The number of nitro groups is 1. The van der Waals surface area contributed by atoms with Gasteiger partial charge >= 0.3 is 0 Å². The highest BCUT2D eigenvalue weighted by Crippen LogP contribution is 2.28. The van der Waals surface area contributed by atoms with Crippen molar-refractivity contribution in [1.82, 2.24) is 14.2 Å². The van der Waals surface area contributed by atoms with Gasteiger partial charge in [-0.1, -0.05) is 35.3 Å². The maximum Gasteiger partial charge on any atom is 0.269 e. The fraction of sp³-hybridized carbons (Fsp3) is 0.0385. The minimum Gasteiger partial charge on any atom is -0.306 e. The van der Waals surface area contributed by atoms with E-state index in [0.29, 0.717) is 20.5 Å². The van der Waals surface area contributed by atoms with E-state index in [0.717, 1.165) is 28.2 Å². The average molecular weight is 549 g/mol. The zero-order valence-electron chi connectivity index (χ0n) is 19.3. The van der Waals surface area contributed by atoms with Gasteiger partial charge in [0.25, 0.3) is 5.69 Å². The molecular formula is C26H18Cl2N6O2S. The third-order valence-electron chi connectivity index (χ3n) is 5.52. The Labute approximate surface area is 225 Å². The summed E-state index contributed by atoms with van der Waals surface area (Å²) in [5.41, 5.74) is 4.72. The molecule has 5 rings (SSSR count). The van der Waals surface area contributed by atoms with Crippen LogP contribution in [0.5, 0.6) is 0 Å². The summed E-state index contributed by atoms with van der Waals surface area (Å²) in [6.45, 7) is 1.91. The number of nitro benzene ring substituents is 1. The fourth-order valence-corrected chi connectivity index (χ4v) is 4.89. The van der Waals surface area contributed by atoms with Crippen LogP contribution in [0.25, 0.3) is 16.9 Å². The molecule has 0 aliphatic carbocycles. The largest absolute Gasteiger partial charge is 0.306 e. The molecule has 3 aromatic carbocycles. The molecule has 0 amide bonds.